The van der Waals surface area contributed by atoms with E-state index in [0.29, 0.717) is 47.8 Å². The number of hydrogen-bond acceptors (Lipinski definition) is 5. The molecule has 2 fully saturated rings. The minimum Gasteiger partial charge on any atom is -0.400 e. The molecule has 4 rings (SSSR count). The first-order valence-electron chi connectivity index (χ1n) is 11.4. The van der Waals surface area contributed by atoms with Crippen LogP contribution in [-0.4, -0.2) is 42.3 Å². The zero-order valence-electron chi connectivity index (χ0n) is 19.4. The summed E-state index contributed by atoms with van der Waals surface area (Å²) in [5.74, 6) is 0.266. The van der Waals surface area contributed by atoms with Gasteiger partial charge in [-0.2, -0.15) is 5.26 Å². The second-order valence-corrected chi connectivity index (χ2v) is 9.08. The van der Waals surface area contributed by atoms with Crippen LogP contribution in [0, 0.1) is 30.6 Å². The molecule has 0 bridgehead atoms. The average molecular weight is 443 g/mol. The fraction of sp³-hybridized carbons (Fsp3) is 0.370. The first-order chi connectivity index (χ1) is 15.8. The molecule has 2 heterocycles. The summed E-state index contributed by atoms with van der Waals surface area (Å²) in [6, 6.07) is 13.5. The zero-order valence-corrected chi connectivity index (χ0v) is 19.4. The molecule has 1 atom stereocenters. The van der Waals surface area contributed by atoms with Crippen molar-refractivity contribution in [3.63, 3.8) is 0 Å². The number of ether oxygens (including phenoxy) is 1. The van der Waals surface area contributed by atoms with E-state index in [-0.39, 0.29) is 17.9 Å². The summed E-state index contributed by atoms with van der Waals surface area (Å²) in [6.07, 6.45) is 1.73. The topological polar surface area (TPSA) is 103 Å². The number of benzene rings is 2. The number of carbonyl (C=O) groups is 1. The number of allylic oxidation sites excluding steroid dienone is 1. The van der Waals surface area contributed by atoms with Crippen molar-refractivity contribution in [3.8, 4) is 6.07 Å². The maximum absolute atomic E-state index is 13.3. The lowest BCUT2D eigenvalue weighted by Crippen LogP contribution is -2.48. The smallest absolute Gasteiger partial charge is 0.254 e. The van der Waals surface area contributed by atoms with Crippen molar-refractivity contribution in [2.45, 2.75) is 45.6 Å². The molecule has 6 heteroatoms. The van der Waals surface area contributed by atoms with Gasteiger partial charge in [0.1, 0.15) is 0 Å². The summed E-state index contributed by atoms with van der Waals surface area (Å²) in [5.41, 5.74) is 13.0. The number of aryl methyl sites for hydroxylation is 2. The highest BCUT2D eigenvalue weighted by Crippen LogP contribution is 2.30. The van der Waals surface area contributed by atoms with E-state index in [9.17, 15) is 4.79 Å². The normalized spacial score (nSPS) is 19.0. The van der Waals surface area contributed by atoms with Gasteiger partial charge in [-0.05, 0) is 74.1 Å². The summed E-state index contributed by atoms with van der Waals surface area (Å²) < 4.78 is 5.69. The third-order valence-corrected chi connectivity index (χ3v) is 6.84. The summed E-state index contributed by atoms with van der Waals surface area (Å²) in [6.45, 7) is 7.76. The number of carbonyl (C=O) groups excluding carboxylic acids is 1. The predicted molar refractivity (Wildman–Crippen MR) is 128 cm³/mol. The molecule has 1 unspecified atom stereocenters. The van der Waals surface area contributed by atoms with Crippen LogP contribution >= 0.6 is 0 Å². The Labute approximate surface area is 195 Å². The van der Waals surface area contributed by atoms with E-state index in [1.807, 2.05) is 62.1 Å². The Hall–Kier alpha value is -3.43. The fourth-order valence-electron chi connectivity index (χ4n) is 4.62. The summed E-state index contributed by atoms with van der Waals surface area (Å²) >= 11 is 0. The molecule has 0 aliphatic carbocycles. The van der Waals surface area contributed by atoms with Crippen molar-refractivity contribution in [2.75, 3.05) is 19.7 Å². The summed E-state index contributed by atoms with van der Waals surface area (Å²) in [5, 5.41) is 17.8. The van der Waals surface area contributed by atoms with Crippen molar-refractivity contribution in [3.05, 3.63) is 81.0 Å². The van der Waals surface area contributed by atoms with E-state index in [1.165, 1.54) is 0 Å². The average Bonchev–Trinajstić information content (AvgIpc) is 3.32. The first-order valence-corrected chi connectivity index (χ1v) is 11.4. The minimum absolute atomic E-state index is 0.0137. The monoisotopic (exact) mass is 442 g/mol. The third kappa shape index (κ3) is 4.42. The Morgan fingerprint density at radius 2 is 1.82 bits per heavy atom. The van der Waals surface area contributed by atoms with Crippen LogP contribution in [0.4, 0.5) is 0 Å². The van der Waals surface area contributed by atoms with Crippen LogP contribution < -0.4 is 5.73 Å². The molecule has 170 valence electrons. The Morgan fingerprint density at radius 3 is 2.42 bits per heavy atom. The van der Waals surface area contributed by atoms with Crippen LogP contribution in [0.5, 0.6) is 0 Å². The molecule has 0 saturated carbocycles. The first kappa shape index (κ1) is 22.8. The molecule has 0 radical (unpaired) electrons. The highest BCUT2D eigenvalue weighted by Gasteiger charge is 2.33. The van der Waals surface area contributed by atoms with Gasteiger partial charge in [0.25, 0.3) is 5.91 Å². The van der Waals surface area contributed by atoms with Crippen LogP contribution in [0.2, 0.25) is 0 Å². The number of likely N-dealkylation sites (tertiary alicyclic amines) is 1. The van der Waals surface area contributed by atoms with Crippen molar-refractivity contribution >= 4 is 11.6 Å². The SMILES string of the molecule is CC(C(=N)c1cc(C(=O)N2CC(c3ccc(C#N)cc3)C2)c(C)cc1C)=C(N)C1CCCO1. The standard InChI is InChI=1S/C27H30N4O2/c1-16-11-17(2)23(12-22(16)25(29)18(3)26(30)24-5-4-10-33-24)27(32)31-14-21(15-31)20-8-6-19(13-28)7-9-20/h6-9,11-12,21,24,29H,4-5,10,14-15,30H2,1-3H3. The molecule has 0 spiro atoms. The van der Waals surface area contributed by atoms with Gasteiger partial charge in [-0.1, -0.05) is 18.2 Å². The molecule has 6 nitrogen and oxygen atoms in total. The van der Waals surface area contributed by atoms with Gasteiger partial charge in [-0.15, -0.1) is 0 Å². The van der Waals surface area contributed by atoms with Crippen molar-refractivity contribution < 1.29 is 9.53 Å². The maximum Gasteiger partial charge on any atom is 0.254 e. The molecule has 2 aromatic carbocycles. The number of hydrogen-bond donors (Lipinski definition) is 2. The number of rotatable bonds is 5. The molecular weight excluding hydrogens is 412 g/mol. The summed E-state index contributed by atoms with van der Waals surface area (Å²) in [7, 11) is 0. The number of nitriles is 1. The van der Waals surface area contributed by atoms with Gasteiger partial charge in [-0.25, -0.2) is 0 Å². The van der Waals surface area contributed by atoms with Gasteiger partial charge < -0.3 is 15.4 Å². The minimum atomic E-state index is -0.127. The Balaban J connectivity index is 1.52. The van der Waals surface area contributed by atoms with Crippen LogP contribution in [0.1, 0.15) is 63.9 Å². The number of nitrogens with zero attached hydrogens (tertiary/aromatic N) is 2. The lowest BCUT2D eigenvalue weighted by Gasteiger charge is -2.40. The molecule has 2 aromatic rings. The van der Waals surface area contributed by atoms with E-state index in [1.54, 1.807) is 0 Å². The van der Waals surface area contributed by atoms with E-state index in [4.69, 9.17) is 21.1 Å². The van der Waals surface area contributed by atoms with Crippen LogP contribution in [0.25, 0.3) is 0 Å². The number of nitrogens with two attached hydrogens (primary N) is 1. The Bertz CT molecular complexity index is 1160. The maximum atomic E-state index is 13.3. The van der Waals surface area contributed by atoms with E-state index >= 15 is 0 Å². The number of nitrogens with one attached hydrogen (secondary N) is 1. The zero-order chi connectivity index (χ0) is 23.7. The van der Waals surface area contributed by atoms with Gasteiger partial charge in [0.15, 0.2) is 0 Å². The van der Waals surface area contributed by atoms with Crippen LogP contribution in [0.15, 0.2) is 47.7 Å². The van der Waals surface area contributed by atoms with Gasteiger partial charge in [0, 0.05) is 42.4 Å². The molecule has 1 amide bonds. The van der Waals surface area contributed by atoms with Crippen molar-refractivity contribution in [2.24, 2.45) is 5.73 Å². The Morgan fingerprint density at radius 1 is 1.15 bits per heavy atom. The molecule has 33 heavy (non-hydrogen) atoms. The molecular formula is C27H30N4O2. The second-order valence-electron chi connectivity index (χ2n) is 9.08. The predicted octanol–water partition coefficient (Wildman–Crippen LogP) is 4.19. The van der Waals surface area contributed by atoms with E-state index < -0.39 is 0 Å². The van der Waals surface area contributed by atoms with Crippen molar-refractivity contribution in [1.29, 1.82) is 10.7 Å². The van der Waals surface area contributed by atoms with Gasteiger partial charge in [0.05, 0.1) is 23.4 Å². The molecule has 0 aromatic heterocycles. The second kappa shape index (κ2) is 9.21. The fourth-order valence-corrected chi connectivity index (χ4v) is 4.62. The Kier molecular flexibility index (Phi) is 6.35. The third-order valence-electron chi connectivity index (χ3n) is 6.84. The molecule has 2 aliphatic rings. The molecule has 3 N–H and O–H groups in total. The van der Waals surface area contributed by atoms with Crippen LogP contribution in [-0.2, 0) is 4.74 Å². The molecule has 2 saturated heterocycles. The lowest BCUT2D eigenvalue weighted by atomic mass is 9.88. The number of amides is 1. The van der Waals surface area contributed by atoms with E-state index in [2.05, 4.69) is 6.07 Å². The lowest BCUT2D eigenvalue weighted by molar-refractivity contribution is 0.0601. The summed E-state index contributed by atoms with van der Waals surface area (Å²) in [4.78, 5) is 15.1. The van der Waals surface area contributed by atoms with Gasteiger partial charge >= 0.3 is 0 Å². The highest BCUT2D eigenvalue weighted by molar-refractivity contribution is 6.13. The van der Waals surface area contributed by atoms with Crippen molar-refractivity contribution in [1.82, 2.24) is 4.90 Å². The molecule has 2 aliphatic heterocycles. The van der Waals surface area contributed by atoms with Gasteiger partial charge in [-0.3, -0.25) is 10.2 Å². The van der Waals surface area contributed by atoms with Crippen LogP contribution in [0.3, 0.4) is 0 Å². The largest absolute Gasteiger partial charge is 0.400 e. The highest BCUT2D eigenvalue weighted by atomic mass is 16.5. The quantitative estimate of drug-likeness (QED) is 0.678. The van der Waals surface area contributed by atoms with E-state index in [0.717, 1.165) is 35.1 Å². The van der Waals surface area contributed by atoms with Gasteiger partial charge in [0.2, 0.25) is 0 Å².